The minimum Gasteiger partial charge on any atom is -0.306 e. The Kier molecular flexibility index (Phi) is 3.85. The molecule has 0 saturated carbocycles. The fourth-order valence-electron chi connectivity index (χ4n) is 1.44. The predicted molar refractivity (Wildman–Crippen MR) is 68.0 cm³/mol. The van der Waals surface area contributed by atoms with Gasteiger partial charge in [-0.2, -0.15) is 0 Å². The zero-order valence-electron chi connectivity index (χ0n) is 9.71. The van der Waals surface area contributed by atoms with Gasteiger partial charge in [0.2, 0.25) is 5.28 Å². The Labute approximate surface area is 116 Å². The SMILES string of the molecule is O=C(Nc1ccnc(Cl)n1)c1ccc(F)cc1[N+](=O)[O-]. The van der Waals surface area contributed by atoms with Crippen molar-refractivity contribution in [1.29, 1.82) is 0 Å². The van der Waals surface area contributed by atoms with E-state index in [2.05, 4.69) is 15.3 Å². The first-order valence-corrected chi connectivity index (χ1v) is 5.59. The number of nitrogens with zero attached hydrogens (tertiary/aromatic N) is 3. The maximum atomic E-state index is 13.0. The summed E-state index contributed by atoms with van der Waals surface area (Å²) in [7, 11) is 0. The summed E-state index contributed by atoms with van der Waals surface area (Å²) in [6.07, 6.45) is 1.31. The van der Waals surface area contributed by atoms with Gasteiger partial charge in [-0.15, -0.1) is 0 Å². The largest absolute Gasteiger partial charge is 0.306 e. The first-order chi connectivity index (χ1) is 9.47. The summed E-state index contributed by atoms with van der Waals surface area (Å²) in [5.74, 6) is -1.53. The molecule has 1 heterocycles. The van der Waals surface area contributed by atoms with E-state index in [1.807, 2.05) is 0 Å². The van der Waals surface area contributed by atoms with E-state index in [4.69, 9.17) is 11.6 Å². The second-order valence-electron chi connectivity index (χ2n) is 3.58. The van der Waals surface area contributed by atoms with Crippen molar-refractivity contribution in [2.45, 2.75) is 0 Å². The zero-order valence-corrected chi connectivity index (χ0v) is 10.5. The van der Waals surface area contributed by atoms with Crippen LogP contribution in [-0.4, -0.2) is 20.8 Å². The molecule has 7 nitrogen and oxygen atoms in total. The monoisotopic (exact) mass is 296 g/mol. The normalized spacial score (nSPS) is 10.1. The van der Waals surface area contributed by atoms with E-state index in [1.165, 1.54) is 12.3 Å². The van der Waals surface area contributed by atoms with Gasteiger partial charge >= 0.3 is 0 Å². The Bertz CT molecular complexity index is 695. The van der Waals surface area contributed by atoms with Crippen molar-refractivity contribution in [1.82, 2.24) is 9.97 Å². The highest BCUT2D eigenvalue weighted by molar-refractivity contribution is 6.28. The fourth-order valence-corrected chi connectivity index (χ4v) is 1.58. The molecule has 1 amide bonds. The molecule has 0 unspecified atom stereocenters. The van der Waals surface area contributed by atoms with Crippen LogP contribution in [0.15, 0.2) is 30.5 Å². The number of benzene rings is 1. The molecular formula is C11H6ClFN4O3. The fraction of sp³-hybridized carbons (Fsp3) is 0. The standard InChI is InChI=1S/C11H6ClFN4O3/c12-11-14-4-3-9(16-11)15-10(18)7-2-1-6(13)5-8(7)17(19)20/h1-5H,(H,14,15,16,18). The summed E-state index contributed by atoms with van der Waals surface area (Å²) in [6.45, 7) is 0. The van der Waals surface area contributed by atoms with Crippen LogP contribution in [0, 0.1) is 15.9 Å². The second-order valence-corrected chi connectivity index (χ2v) is 3.92. The van der Waals surface area contributed by atoms with Crippen LogP contribution in [-0.2, 0) is 0 Å². The van der Waals surface area contributed by atoms with E-state index >= 15 is 0 Å². The third-order valence-corrected chi connectivity index (χ3v) is 2.45. The minimum atomic E-state index is -0.842. The number of carbonyl (C=O) groups excluding carboxylic acids is 1. The number of rotatable bonds is 3. The van der Waals surface area contributed by atoms with Crippen LogP contribution in [0.3, 0.4) is 0 Å². The molecule has 102 valence electrons. The lowest BCUT2D eigenvalue weighted by Crippen LogP contribution is -2.15. The number of halogens is 2. The molecular weight excluding hydrogens is 291 g/mol. The molecule has 9 heteroatoms. The Morgan fingerprint density at radius 3 is 2.80 bits per heavy atom. The van der Waals surface area contributed by atoms with Crippen LogP contribution >= 0.6 is 11.6 Å². The van der Waals surface area contributed by atoms with Gasteiger partial charge < -0.3 is 5.32 Å². The number of amides is 1. The van der Waals surface area contributed by atoms with E-state index in [-0.39, 0.29) is 16.7 Å². The number of carbonyl (C=O) groups is 1. The highest BCUT2D eigenvalue weighted by Crippen LogP contribution is 2.21. The van der Waals surface area contributed by atoms with E-state index in [9.17, 15) is 19.3 Å². The smallest absolute Gasteiger partial charge is 0.285 e. The number of hydrogen-bond acceptors (Lipinski definition) is 5. The number of anilines is 1. The summed E-state index contributed by atoms with van der Waals surface area (Å²) in [5.41, 5.74) is -0.922. The predicted octanol–water partition coefficient (Wildman–Crippen LogP) is 2.43. The van der Waals surface area contributed by atoms with E-state index in [0.717, 1.165) is 12.1 Å². The first kappa shape index (κ1) is 13.8. The van der Waals surface area contributed by atoms with Gasteiger partial charge in [-0.1, -0.05) is 0 Å². The number of hydrogen-bond donors (Lipinski definition) is 1. The van der Waals surface area contributed by atoms with Crippen molar-refractivity contribution in [2.24, 2.45) is 0 Å². The molecule has 1 aromatic heterocycles. The average molecular weight is 297 g/mol. The van der Waals surface area contributed by atoms with Crippen molar-refractivity contribution < 1.29 is 14.1 Å². The Morgan fingerprint density at radius 1 is 1.40 bits per heavy atom. The van der Waals surface area contributed by atoms with Crippen LogP contribution in [0.2, 0.25) is 5.28 Å². The molecule has 2 rings (SSSR count). The summed E-state index contributed by atoms with van der Waals surface area (Å²) >= 11 is 5.55. The Balaban J connectivity index is 2.32. The molecule has 1 N–H and O–H groups in total. The van der Waals surface area contributed by atoms with Crippen molar-refractivity contribution in [2.75, 3.05) is 5.32 Å². The quantitative estimate of drug-likeness (QED) is 0.533. The van der Waals surface area contributed by atoms with Gasteiger partial charge in [0.15, 0.2) is 0 Å². The molecule has 0 bridgehead atoms. The summed E-state index contributed by atoms with van der Waals surface area (Å²) in [5, 5.41) is 13.0. The molecule has 20 heavy (non-hydrogen) atoms. The van der Waals surface area contributed by atoms with Crippen LogP contribution in [0.1, 0.15) is 10.4 Å². The highest BCUT2D eigenvalue weighted by Gasteiger charge is 2.21. The van der Waals surface area contributed by atoms with Crippen molar-refractivity contribution in [3.05, 3.63) is 57.2 Å². The average Bonchev–Trinajstić information content (AvgIpc) is 2.38. The van der Waals surface area contributed by atoms with Crippen LogP contribution in [0.4, 0.5) is 15.9 Å². The van der Waals surface area contributed by atoms with E-state index < -0.39 is 22.3 Å². The topological polar surface area (TPSA) is 98.0 Å². The summed E-state index contributed by atoms with van der Waals surface area (Å²) < 4.78 is 13.0. The van der Waals surface area contributed by atoms with Gasteiger partial charge in [0, 0.05) is 6.20 Å². The third-order valence-electron chi connectivity index (χ3n) is 2.27. The molecule has 0 aliphatic rings. The molecule has 0 aliphatic carbocycles. The van der Waals surface area contributed by atoms with Crippen molar-refractivity contribution >= 4 is 29.0 Å². The van der Waals surface area contributed by atoms with Crippen LogP contribution < -0.4 is 5.32 Å². The second kappa shape index (κ2) is 5.57. The zero-order chi connectivity index (χ0) is 14.7. The van der Waals surface area contributed by atoms with Gasteiger partial charge in [0.1, 0.15) is 17.2 Å². The first-order valence-electron chi connectivity index (χ1n) is 5.21. The number of nitro benzene ring substituents is 1. The molecule has 0 fully saturated rings. The highest BCUT2D eigenvalue weighted by atomic mass is 35.5. The summed E-state index contributed by atoms with van der Waals surface area (Å²) in [6, 6.07) is 4.00. The van der Waals surface area contributed by atoms with Gasteiger partial charge in [0.05, 0.1) is 11.0 Å². The van der Waals surface area contributed by atoms with E-state index in [1.54, 1.807) is 0 Å². The summed E-state index contributed by atoms with van der Waals surface area (Å²) in [4.78, 5) is 29.2. The van der Waals surface area contributed by atoms with Crippen molar-refractivity contribution in [3.63, 3.8) is 0 Å². The molecule has 0 radical (unpaired) electrons. The maximum absolute atomic E-state index is 13.0. The number of aromatic nitrogens is 2. The molecule has 1 aromatic carbocycles. The lowest BCUT2D eigenvalue weighted by atomic mass is 10.1. The lowest BCUT2D eigenvalue weighted by Gasteiger charge is -2.05. The van der Waals surface area contributed by atoms with Gasteiger partial charge in [-0.3, -0.25) is 14.9 Å². The molecule has 2 aromatic rings. The maximum Gasteiger partial charge on any atom is 0.285 e. The Hall–Kier alpha value is -2.61. The Morgan fingerprint density at radius 2 is 2.15 bits per heavy atom. The van der Waals surface area contributed by atoms with Gasteiger partial charge in [-0.05, 0) is 29.8 Å². The molecule has 0 aliphatic heterocycles. The van der Waals surface area contributed by atoms with Gasteiger partial charge in [-0.25, -0.2) is 14.4 Å². The minimum absolute atomic E-state index is 0.0774. The van der Waals surface area contributed by atoms with Crippen LogP contribution in [0.25, 0.3) is 0 Å². The number of nitro groups is 1. The molecule has 0 saturated heterocycles. The lowest BCUT2D eigenvalue weighted by molar-refractivity contribution is -0.385. The van der Waals surface area contributed by atoms with Crippen molar-refractivity contribution in [3.8, 4) is 0 Å². The number of nitrogens with one attached hydrogen (secondary N) is 1. The van der Waals surface area contributed by atoms with E-state index in [0.29, 0.717) is 6.07 Å². The van der Waals surface area contributed by atoms with Gasteiger partial charge in [0.25, 0.3) is 11.6 Å². The van der Waals surface area contributed by atoms with Crippen LogP contribution in [0.5, 0.6) is 0 Å². The third kappa shape index (κ3) is 3.04. The molecule has 0 spiro atoms. The molecule has 0 atom stereocenters.